The second-order valence-electron chi connectivity index (χ2n) is 4.52. The van der Waals surface area contributed by atoms with Crippen molar-refractivity contribution in [3.63, 3.8) is 0 Å². The van der Waals surface area contributed by atoms with Crippen LogP contribution in [0.25, 0.3) is 0 Å². The van der Waals surface area contributed by atoms with E-state index in [1.165, 1.54) is 22.1 Å². The molecule has 2 aromatic rings. The molecule has 18 heavy (non-hydrogen) atoms. The van der Waals surface area contributed by atoms with Crippen molar-refractivity contribution >= 4 is 11.3 Å². The van der Waals surface area contributed by atoms with Gasteiger partial charge in [-0.2, -0.15) is 0 Å². The number of rotatable bonds is 5. The molecule has 2 rings (SSSR count). The van der Waals surface area contributed by atoms with Crippen LogP contribution in [-0.4, -0.2) is 6.54 Å². The van der Waals surface area contributed by atoms with Crippen LogP contribution in [0.5, 0.6) is 0 Å². The molecule has 3 heteroatoms. The Balaban J connectivity index is 1.80. The molecule has 0 saturated carbocycles. The summed E-state index contributed by atoms with van der Waals surface area (Å²) in [5, 5.41) is 5.56. The van der Waals surface area contributed by atoms with Gasteiger partial charge in [0.25, 0.3) is 0 Å². The molecule has 1 nitrogen and oxygen atoms in total. The Morgan fingerprint density at radius 1 is 1.17 bits per heavy atom. The lowest BCUT2D eigenvalue weighted by Crippen LogP contribution is -2.16. The fraction of sp³-hybridized carbons (Fsp3) is 0.333. The van der Waals surface area contributed by atoms with Crippen LogP contribution in [0.4, 0.5) is 4.39 Å². The maximum atomic E-state index is 13.0. The molecule has 0 fully saturated rings. The van der Waals surface area contributed by atoms with Gasteiger partial charge in [0.1, 0.15) is 5.82 Å². The van der Waals surface area contributed by atoms with Gasteiger partial charge in [0.15, 0.2) is 0 Å². The van der Waals surface area contributed by atoms with Gasteiger partial charge in [-0.05, 0) is 67.1 Å². The lowest BCUT2D eigenvalue weighted by Gasteiger charge is -2.07. The molecular weight excluding hydrogens is 245 g/mol. The summed E-state index contributed by atoms with van der Waals surface area (Å²) in [7, 11) is 0. The standard InChI is InChI=1S/C15H18FNS/c1-11-6-8-18-15(11)10-17-7-5-13-3-4-14(16)9-12(13)2/h3-4,6,8-9,17H,5,7,10H2,1-2H3. The topological polar surface area (TPSA) is 12.0 Å². The van der Waals surface area contributed by atoms with Crippen molar-refractivity contribution in [3.8, 4) is 0 Å². The molecule has 0 unspecified atom stereocenters. The summed E-state index contributed by atoms with van der Waals surface area (Å²) in [5.74, 6) is -0.154. The lowest BCUT2D eigenvalue weighted by atomic mass is 10.1. The Morgan fingerprint density at radius 2 is 2.00 bits per heavy atom. The minimum atomic E-state index is -0.154. The van der Waals surface area contributed by atoms with Crippen LogP contribution < -0.4 is 5.32 Å². The smallest absolute Gasteiger partial charge is 0.123 e. The third kappa shape index (κ3) is 3.40. The fourth-order valence-corrected chi connectivity index (χ4v) is 2.83. The Bertz CT molecular complexity index is 519. The largest absolute Gasteiger partial charge is 0.312 e. The summed E-state index contributed by atoms with van der Waals surface area (Å²) < 4.78 is 13.0. The Kier molecular flexibility index (Phi) is 4.50. The van der Waals surface area contributed by atoms with Crippen LogP contribution in [0.2, 0.25) is 0 Å². The van der Waals surface area contributed by atoms with E-state index in [4.69, 9.17) is 0 Å². The van der Waals surface area contributed by atoms with Crippen LogP contribution in [0.1, 0.15) is 21.6 Å². The van der Waals surface area contributed by atoms with Gasteiger partial charge in [0.05, 0.1) is 0 Å². The van der Waals surface area contributed by atoms with E-state index in [1.807, 2.05) is 13.0 Å². The molecule has 0 aliphatic heterocycles. The summed E-state index contributed by atoms with van der Waals surface area (Å²) in [6.07, 6.45) is 0.941. The number of hydrogen-bond donors (Lipinski definition) is 1. The average Bonchev–Trinajstić information content (AvgIpc) is 2.73. The van der Waals surface area contributed by atoms with Crippen LogP contribution in [0.3, 0.4) is 0 Å². The SMILES string of the molecule is Cc1cc(F)ccc1CCNCc1sccc1C. The summed E-state index contributed by atoms with van der Waals surface area (Å²) in [6, 6.07) is 7.15. The maximum Gasteiger partial charge on any atom is 0.123 e. The molecule has 0 spiro atoms. The number of thiophene rings is 1. The minimum absolute atomic E-state index is 0.154. The van der Waals surface area contributed by atoms with Gasteiger partial charge in [-0.25, -0.2) is 4.39 Å². The molecule has 1 heterocycles. The van der Waals surface area contributed by atoms with Crippen molar-refractivity contribution in [1.82, 2.24) is 5.32 Å². The van der Waals surface area contributed by atoms with Gasteiger partial charge >= 0.3 is 0 Å². The highest BCUT2D eigenvalue weighted by atomic mass is 32.1. The van der Waals surface area contributed by atoms with E-state index in [0.29, 0.717) is 0 Å². The van der Waals surface area contributed by atoms with E-state index in [9.17, 15) is 4.39 Å². The molecule has 96 valence electrons. The van der Waals surface area contributed by atoms with Gasteiger partial charge in [-0.1, -0.05) is 6.07 Å². The van der Waals surface area contributed by atoms with E-state index in [-0.39, 0.29) is 5.82 Å². The van der Waals surface area contributed by atoms with Crippen LogP contribution >= 0.6 is 11.3 Å². The zero-order valence-electron chi connectivity index (χ0n) is 10.8. The van der Waals surface area contributed by atoms with E-state index >= 15 is 0 Å². The molecular formula is C15H18FNS. The molecule has 0 bridgehead atoms. The zero-order valence-corrected chi connectivity index (χ0v) is 11.6. The summed E-state index contributed by atoms with van der Waals surface area (Å²) in [5.41, 5.74) is 3.60. The van der Waals surface area contributed by atoms with Gasteiger partial charge < -0.3 is 5.32 Å². The molecule has 1 aromatic carbocycles. The van der Waals surface area contributed by atoms with Gasteiger partial charge in [0, 0.05) is 11.4 Å². The number of halogens is 1. The lowest BCUT2D eigenvalue weighted by molar-refractivity contribution is 0.624. The molecule has 0 atom stereocenters. The number of benzene rings is 1. The maximum absolute atomic E-state index is 13.0. The van der Waals surface area contributed by atoms with E-state index in [2.05, 4.69) is 23.7 Å². The highest BCUT2D eigenvalue weighted by molar-refractivity contribution is 7.10. The Labute approximate surface area is 112 Å². The normalized spacial score (nSPS) is 10.8. The molecule has 0 saturated heterocycles. The second kappa shape index (κ2) is 6.12. The molecule has 0 aliphatic rings. The van der Waals surface area contributed by atoms with Gasteiger partial charge in [0.2, 0.25) is 0 Å². The van der Waals surface area contributed by atoms with E-state index in [0.717, 1.165) is 25.1 Å². The van der Waals surface area contributed by atoms with E-state index < -0.39 is 0 Å². The molecule has 0 radical (unpaired) electrons. The number of hydrogen-bond acceptors (Lipinski definition) is 2. The minimum Gasteiger partial charge on any atom is -0.312 e. The molecule has 1 N–H and O–H groups in total. The van der Waals surface area contributed by atoms with Crippen LogP contribution in [0.15, 0.2) is 29.6 Å². The van der Waals surface area contributed by atoms with E-state index in [1.54, 1.807) is 17.4 Å². The number of aryl methyl sites for hydroxylation is 2. The molecule has 0 aliphatic carbocycles. The fourth-order valence-electron chi connectivity index (χ4n) is 1.95. The first-order valence-electron chi connectivity index (χ1n) is 6.15. The summed E-state index contributed by atoms with van der Waals surface area (Å²) in [4.78, 5) is 1.39. The average molecular weight is 263 g/mol. The highest BCUT2D eigenvalue weighted by Gasteiger charge is 2.01. The van der Waals surface area contributed by atoms with Crippen LogP contribution in [-0.2, 0) is 13.0 Å². The monoisotopic (exact) mass is 263 g/mol. The predicted molar refractivity (Wildman–Crippen MR) is 75.6 cm³/mol. The van der Waals surface area contributed by atoms with Crippen molar-refractivity contribution in [2.45, 2.75) is 26.8 Å². The first-order chi connectivity index (χ1) is 8.66. The zero-order chi connectivity index (χ0) is 13.0. The molecule has 1 aromatic heterocycles. The summed E-state index contributed by atoms with van der Waals surface area (Å²) >= 11 is 1.79. The first-order valence-corrected chi connectivity index (χ1v) is 7.03. The van der Waals surface area contributed by atoms with Crippen LogP contribution in [0, 0.1) is 19.7 Å². The summed E-state index contributed by atoms with van der Waals surface area (Å²) in [6.45, 7) is 5.94. The van der Waals surface area contributed by atoms with Crippen molar-refractivity contribution in [1.29, 1.82) is 0 Å². The van der Waals surface area contributed by atoms with Crippen molar-refractivity contribution in [2.75, 3.05) is 6.54 Å². The Hall–Kier alpha value is -1.19. The van der Waals surface area contributed by atoms with Crippen molar-refractivity contribution < 1.29 is 4.39 Å². The third-order valence-electron chi connectivity index (χ3n) is 3.13. The second-order valence-corrected chi connectivity index (χ2v) is 5.53. The first kappa shape index (κ1) is 13.2. The van der Waals surface area contributed by atoms with Gasteiger partial charge in [-0.15, -0.1) is 11.3 Å². The van der Waals surface area contributed by atoms with Gasteiger partial charge in [-0.3, -0.25) is 0 Å². The van der Waals surface area contributed by atoms with Crippen molar-refractivity contribution in [3.05, 3.63) is 57.0 Å². The third-order valence-corrected chi connectivity index (χ3v) is 4.15. The Morgan fingerprint density at radius 3 is 2.67 bits per heavy atom. The van der Waals surface area contributed by atoms with Crippen molar-refractivity contribution in [2.24, 2.45) is 0 Å². The molecule has 0 amide bonds. The number of nitrogens with one attached hydrogen (secondary N) is 1. The quantitative estimate of drug-likeness (QED) is 0.808. The highest BCUT2D eigenvalue weighted by Crippen LogP contribution is 2.15. The predicted octanol–water partition coefficient (Wildman–Crippen LogP) is 3.84.